The summed E-state index contributed by atoms with van der Waals surface area (Å²) in [6.07, 6.45) is 5.13. The quantitative estimate of drug-likeness (QED) is 0.612. The van der Waals surface area contributed by atoms with Crippen molar-refractivity contribution in [3.8, 4) is 0 Å². The van der Waals surface area contributed by atoms with Crippen molar-refractivity contribution in [1.82, 2.24) is 0 Å². The lowest BCUT2D eigenvalue weighted by atomic mass is 9.84. The van der Waals surface area contributed by atoms with Crippen LogP contribution in [0.3, 0.4) is 0 Å². The Hall–Kier alpha value is -0.0800. The van der Waals surface area contributed by atoms with Gasteiger partial charge in [-0.05, 0) is 31.6 Å². The molecule has 2 N–H and O–H groups in total. The lowest BCUT2D eigenvalue weighted by molar-refractivity contribution is -0.00560. The van der Waals surface area contributed by atoms with Crippen molar-refractivity contribution < 1.29 is 10.2 Å². The van der Waals surface area contributed by atoms with Gasteiger partial charge in [0.05, 0.1) is 5.60 Å². The molecule has 0 aliphatic rings. The Kier molecular flexibility index (Phi) is 7.20. The summed E-state index contributed by atoms with van der Waals surface area (Å²) >= 11 is 0. The molecule has 2 heteroatoms. The summed E-state index contributed by atoms with van der Waals surface area (Å²) in [7, 11) is 0. The molecule has 15 heavy (non-hydrogen) atoms. The molecule has 0 aliphatic heterocycles. The van der Waals surface area contributed by atoms with E-state index in [0.29, 0.717) is 11.8 Å². The van der Waals surface area contributed by atoms with Gasteiger partial charge in [0.15, 0.2) is 0 Å². The third-order valence-electron chi connectivity index (χ3n) is 3.62. The fraction of sp³-hybridized carbons (Fsp3) is 1.00. The molecule has 0 saturated carbocycles. The average Bonchev–Trinajstić information content (AvgIpc) is 2.22. The van der Waals surface area contributed by atoms with Gasteiger partial charge in [-0.25, -0.2) is 0 Å². The first kappa shape index (κ1) is 14.9. The molecule has 0 aliphatic carbocycles. The van der Waals surface area contributed by atoms with Crippen molar-refractivity contribution in [2.45, 2.75) is 65.4 Å². The minimum atomic E-state index is -0.517. The van der Waals surface area contributed by atoms with E-state index in [9.17, 15) is 5.11 Å². The van der Waals surface area contributed by atoms with E-state index in [1.807, 2.05) is 6.92 Å². The Balaban J connectivity index is 3.66. The van der Waals surface area contributed by atoms with Crippen LogP contribution in [0.15, 0.2) is 0 Å². The lowest BCUT2D eigenvalue weighted by Crippen LogP contribution is -2.32. The fourth-order valence-electron chi connectivity index (χ4n) is 1.75. The zero-order chi connectivity index (χ0) is 11.9. The Morgan fingerprint density at radius 1 is 1.20 bits per heavy atom. The number of aliphatic hydroxyl groups excluding tert-OH is 1. The molecule has 0 aromatic rings. The standard InChI is InChI=1S/C13H28O2/c1-5-12(3)13(4,15)9-7-6-8-11(2)10-14/h11-12,14-15H,5-10H2,1-4H3/t11-,12?,13?/m0/s1. The van der Waals surface area contributed by atoms with Gasteiger partial charge in [0.1, 0.15) is 0 Å². The van der Waals surface area contributed by atoms with Gasteiger partial charge in [0.2, 0.25) is 0 Å². The summed E-state index contributed by atoms with van der Waals surface area (Å²) in [4.78, 5) is 0. The van der Waals surface area contributed by atoms with Crippen LogP contribution in [0.4, 0.5) is 0 Å². The smallest absolute Gasteiger partial charge is 0.0645 e. The molecule has 2 unspecified atom stereocenters. The molecule has 0 radical (unpaired) electrons. The van der Waals surface area contributed by atoms with Crippen LogP contribution in [0.5, 0.6) is 0 Å². The molecular formula is C13H28O2. The number of unbranched alkanes of at least 4 members (excludes halogenated alkanes) is 1. The van der Waals surface area contributed by atoms with Gasteiger partial charge >= 0.3 is 0 Å². The monoisotopic (exact) mass is 216 g/mol. The van der Waals surface area contributed by atoms with E-state index in [4.69, 9.17) is 5.11 Å². The van der Waals surface area contributed by atoms with E-state index in [-0.39, 0.29) is 6.61 Å². The second-order valence-corrected chi connectivity index (χ2v) is 5.20. The first-order valence-corrected chi connectivity index (χ1v) is 6.27. The molecule has 0 bridgehead atoms. The van der Waals surface area contributed by atoms with E-state index in [1.165, 1.54) is 0 Å². The first-order chi connectivity index (χ1) is 6.94. The molecule has 2 nitrogen and oxygen atoms in total. The maximum atomic E-state index is 10.2. The normalized spacial score (nSPS) is 19.6. The summed E-state index contributed by atoms with van der Waals surface area (Å²) in [6.45, 7) is 8.51. The molecule has 3 atom stereocenters. The molecule has 92 valence electrons. The van der Waals surface area contributed by atoms with Crippen LogP contribution >= 0.6 is 0 Å². The Labute approximate surface area is 94.7 Å². The van der Waals surface area contributed by atoms with Gasteiger partial charge in [-0.1, -0.05) is 40.0 Å². The van der Waals surface area contributed by atoms with Crippen LogP contribution in [0.25, 0.3) is 0 Å². The highest BCUT2D eigenvalue weighted by atomic mass is 16.3. The summed E-state index contributed by atoms with van der Waals surface area (Å²) in [5, 5.41) is 19.0. The predicted octanol–water partition coefficient (Wildman–Crippen LogP) is 2.97. The minimum absolute atomic E-state index is 0.280. The summed E-state index contributed by atoms with van der Waals surface area (Å²) < 4.78 is 0. The summed E-state index contributed by atoms with van der Waals surface area (Å²) in [5.41, 5.74) is -0.517. The molecular weight excluding hydrogens is 188 g/mol. The Bertz CT molecular complexity index is 155. The second-order valence-electron chi connectivity index (χ2n) is 5.20. The van der Waals surface area contributed by atoms with Crippen molar-refractivity contribution >= 4 is 0 Å². The van der Waals surface area contributed by atoms with E-state index in [1.54, 1.807) is 0 Å². The SMILES string of the molecule is CCC(C)C(C)(O)CCCC[C@H](C)CO. The zero-order valence-electron chi connectivity index (χ0n) is 10.8. The highest BCUT2D eigenvalue weighted by Gasteiger charge is 2.25. The summed E-state index contributed by atoms with van der Waals surface area (Å²) in [6, 6.07) is 0. The Morgan fingerprint density at radius 3 is 2.27 bits per heavy atom. The van der Waals surface area contributed by atoms with Crippen molar-refractivity contribution in [1.29, 1.82) is 0 Å². The van der Waals surface area contributed by atoms with E-state index >= 15 is 0 Å². The topological polar surface area (TPSA) is 40.5 Å². The predicted molar refractivity (Wildman–Crippen MR) is 64.8 cm³/mol. The molecule has 0 rings (SSSR count). The highest BCUT2D eigenvalue weighted by Crippen LogP contribution is 2.26. The average molecular weight is 216 g/mol. The van der Waals surface area contributed by atoms with Gasteiger partial charge in [-0.2, -0.15) is 0 Å². The maximum absolute atomic E-state index is 10.2. The van der Waals surface area contributed by atoms with Crippen molar-refractivity contribution in [3.63, 3.8) is 0 Å². The van der Waals surface area contributed by atoms with Crippen molar-refractivity contribution in [3.05, 3.63) is 0 Å². The minimum Gasteiger partial charge on any atom is -0.396 e. The number of aliphatic hydroxyl groups is 2. The zero-order valence-corrected chi connectivity index (χ0v) is 10.8. The largest absolute Gasteiger partial charge is 0.396 e. The molecule has 0 aromatic heterocycles. The highest BCUT2D eigenvalue weighted by molar-refractivity contribution is 4.78. The van der Waals surface area contributed by atoms with E-state index in [2.05, 4.69) is 20.8 Å². The lowest BCUT2D eigenvalue weighted by Gasteiger charge is -2.29. The molecule has 0 heterocycles. The van der Waals surface area contributed by atoms with Crippen LogP contribution < -0.4 is 0 Å². The first-order valence-electron chi connectivity index (χ1n) is 6.27. The number of rotatable bonds is 8. The number of hydrogen-bond acceptors (Lipinski definition) is 2. The Morgan fingerprint density at radius 2 is 1.80 bits per heavy atom. The van der Waals surface area contributed by atoms with Crippen molar-refractivity contribution in [2.24, 2.45) is 11.8 Å². The van der Waals surface area contributed by atoms with Gasteiger partial charge < -0.3 is 10.2 Å². The van der Waals surface area contributed by atoms with Crippen LogP contribution in [-0.4, -0.2) is 22.4 Å². The molecule has 0 saturated heterocycles. The molecule has 0 fully saturated rings. The van der Waals surface area contributed by atoms with Gasteiger partial charge in [0, 0.05) is 6.61 Å². The van der Waals surface area contributed by atoms with Crippen LogP contribution in [-0.2, 0) is 0 Å². The third-order valence-corrected chi connectivity index (χ3v) is 3.62. The van der Waals surface area contributed by atoms with Crippen LogP contribution in [0, 0.1) is 11.8 Å². The van der Waals surface area contributed by atoms with E-state index in [0.717, 1.165) is 32.1 Å². The maximum Gasteiger partial charge on any atom is 0.0645 e. The second kappa shape index (κ2) is 7.24. The van der Waals surface area contributed by atoms with Crippen LogP contribution in [0.2, 0.25) is 0 Å². The molecule has 0 aromatic carbocycles. The van der Waals surface area contributed by atoms with E-state index < -0.39 is 5.60 Å². The fourth-order valence-corrected chi connectivity index (χ4v) is 1.75. The van der Waals surface area contributed by atoms with Gasteiger partial charge in [-0.15, -0.1) is 0 Å². The third kappa shape index (κ3) is 6.16. The number of hydrogen-bond donors (Lipinski definition) is 2. The summed E-state index contributed by atoms with van der Waals surface area (Å²) in [5.74, 6) is 0.770. The molecule has 0 amide bonds. The van der Waals surface area contributed by atoms with Gasteiger partial charge in [0.25, 0.3) is 0 Å². The van der Waals surface area contributed by atoms with Crippen molar-refractivity contribution in [2.75, 3.05) is 6.61 Å². The molecule has 0 spiro atoms. The van der Waals surface area contributed by atoms with Gasteiger partial charge in [-0.3, -0.25) is 0 Å². The van der Waals surface area contributed by atoms with Crippen LogP contribution in [0.1, 0.15) is 59.8 Å².